The van der Waals surface area contributed by atoms with Gasteiger partial charge in [0.2, 0.25) is 5.89 Å². The van der Waals surface area contributed by atoms with Gasteiger partial charge in [-0.05, 0) is 36.4 Å². The zero-order valence-electron chi connectivity index (χ0n) is 12.1. The zero-order chi connectivity index (χ0) is 16.2. The third-order valence-electron chi connectivity index (χ3n) is 2.92. The van der Waals surface area contributed by atoms with Crippen LogP contribution in [0.5, 0.6) is 11.5 Å². The maximum Gasteiger partial charge on any atom is 0.322 e. The number of aromatic nitrogens is 2. The third-order valence-corrected chi connectivity index (χ3v) is 2.92. The van der Waals surface area contributed by atoms with E-state index in [1.54, 1.807) is 31.2 Å². The molecule has 1 heterocycles. The molecule has 6 nitrogen and oxygen atoms in total. The number of benzene rings is 2. The molecule has 23 heavy (non-hydrogen) atoms. The minimum absolute atomic E-state index is 0.00378. The highest BCUT2D eigenvalue weighted by Gasteiger charge is 2.15. The Morgan fingerprint density at radius 2 is 1.87 bits per heavy atom. The average Bonchev–Trinajstić information content (AvgIpc) is 2.95. The molecule has 116 valence electrons. The van der Waals surface area contributed by atoms with Crippen LogP contribution in [0.15, 0.2) is 52.9 Å². The van der Waals surface area contributed by atoms with Gasteiger partial charge in [-0.15, -0.1) is 5.10 Å². The van der Waals surface area contributed by atoms with Gasteiger partial charge in [-0.2, -0.15) is 0 Å². The van der Waals surface area contributed by atoms with Crippen molar-refractivity contribution in [3.8, 4) is 11.5 Å². The molecule has 0 aliphatic carbocycles. The van der Waals surface area contributed by atoms with Gasteiger partial charge in [0.25, 0.3) is 5.91 Å². The van der Waals surface area contributed by atoms with Crippen LogP contribution in [-0.2, 0) is 0 Å². The lowest BCUT2D eigenvalue weighted by Crippen LogP contribution is -2.13. The quantitative estimate of drug-likeness (QED) is 0.797. The second-order valence-electron chi connectivity index (χ2n) is 4.63. The van der Waals surface area contributed by atoms with Gasteiger partial charge in [0.1, 0.15) is 17.3 Å². The fourth-order valence-electron chi connectivity index (χ4n) is 1.88. The van der Waals surface area contributed by atoms with Gasteiger partial charge in [-0.25, -0.2) is 4.39 Å². The van der Waals surface area contributed by atoms with Gasteiger partial charge in [0, 0.05) is 6.92 Å². The van der Waals surface area contributed by atoms with Crippen molar-refractivity contribution in [3.63, 3.8) is 0 Å². The first-order valence-corrected chi connectivity index (χ1v) is 6.76. The zero-order valence-corrected chi connectivity index (χ0v) is 12.1. The van der Waals surface area contributed by atoms with Gasteiger partial charge < -0.3 is 9.15 Å². The number of para-hydroxylation sites is 1. The molecule has 0 spiro atoms. The summed E-state index contributed by atoms with van der Waals surface area (Å²) >= 11 is 0. The molecule has 1 amide bonds. The number of anilines is 1. The minimum atomic E-state index is -0.452. The van der Waals surface area contributed by atoms with Crippen molar-refractivity contribution in [2.24, 2.45) is 0 Å². The van der Waals surface area contributed by atoms with Crippen LogP contribution in [-0.4, -0.2) is 16.1 Å². The topological polar surface area (TPSA) is 77.2 Å². The van der Waals surface area contributed by atoms with E-state index in [4.69, 9.17) is 9.15 Å². The largest absolute Gasteiger partial charge is 0.457 e. The number of amides is 1. The summed E-state index contributed by atoms with van der Waals surface area (Å²) in [6.45, 7) is 1.62. The Hall–Kier alpha value is -3.22. The second kappa shape index (κ2) is 6.27. The number of halogens is 1. The molecule has 0 unspecified atom stereocenters. The maximum absolute atomic E-state index is 12.9. The number of nitrogens with one attached hydrogen (secondary N) is 1. The van der Waals surface area contributed by atoms with E-state index in [9.17, 15) is 9.18 Å². The number of carbonyl (C=O) groups excluding carboxylic acids is 1. The number of hydrogen-bond acceptors (Lipinski definition) is 5. The standard InChI is InChI=1S/C16H12FN3O3/c1-10-19-20-16(22-10)18-15(21)13-4-2-3-5-14(13)23-12-8-6-11(17)7-9-12/h2-9H,1H3,(H,18,20,21). The van der Waals surface area contributed by atoms with Crippen LogP contribution in [0.4, 0.5) is 10.4 Å². The van der Waals surface area contributed by atoms with E-state index < -0.39 is 5.91 Å². The van der Waals surface area contributed by atoms with Crippen molar-refractivity contribution in [2.75, 3.05) is 5.32 Å². The summed E-state index contributed by atoms with van der Waals surface area (Å²) in [4.78, 5) is 12.3. The van der Waals surface area contributed by atoms with Crippen LogP contribution >= 0.6 is 0 Å². The highest BCUT2D eigenvalue weighted by atomic mass is 19.1. The average molecular weight is 313 g/mol. The Morgan fingerprint density at radius 3 is 2.57 bits per heavy atom. The number of aryl methyl sites for hydroxylation is 1. The normalized spacial score (nSPS) is 10.3. The fourth-order valence-corrected chi connectivity index (χ4v) is 1.88. The summed E-state index contributed by atoms with van der Waals surface area (Å²) in [5.74, 6) is 0.269. The van der Waals surface area contributed by atoms with Crippen LogP contribution < -0.4 is 10.1 Å². The lowest BCUT2D eigenvalue weighted by atomic mass is 10.2. The number of nitrogens with zero attached hydrogens (tertiary/aromatic N) is 2. The summed E-state index contributed by atoms with van der Waals surface area (Å²) in [6, 6.07) is 12.2. The van der Waals surface area contributed by atoms with Crippen LogP contribution in [0.25, 0.3) is 0 Å². The first-order chi connectivity index (χ1) is 11.1. The molecule has 1 N–H and O–H groups in total. The molecule has 3 rings (SSSR count). The Bertz CT molecular complexity index is 831. The molecule has 0 saturated carbocycles. The van der Waals surface area contributed by atoms with Gasteiger partial charge in [-0.3, -0.25) is 10.1 Å². The molecule has 0 aliphatic heterocycles. The van der Waals surface area contributed by atoms with E-state index in [-0.39, 0.29) is 17.4 Å². The highest BCUT2D eigenvalue weighted by Crippen LogP contribution is 2.26. The smallest absolute Gasteiger partial charge is 0.322 e. The SMILES string of the molecule is Cc1nnc(NC(=O)c2ccccc2Oc2ccc(F)cc2)o1. The lowest BCUT2D eigenvalue weighted by Gasteiger charge is -2.10. The molecular weight excluding hydrogens is 301 g/mol. The minimum Gasteiger partial charge on any atom is -0.457 e. The highest BCUT2D eigenvalue weighted by molar-refractivity contribution is 6.05. The molecule has 2 aromatic carbocycles. The molecule has 0 bridgehead atoms. The number of carbonyl (C=O) groups is 1. The fraction of sp³-hybridized carbons (Fsp3) is 0.0625. The van der Waals surface area contributed by atoms with E-state index in [0.717, 1.165) is 0 Å². The Kier molecular flexibility index (Phi) is 4.01. The number of hydrogen-bond donors (Lipinski definition) is 1. The monoisotopic (exact) mass is 313 g/mol. The van der Waals surface area contributed by atoms with Crippen molar-refractivity contribution < 1.29 is 18.3 Å². The van der Waals surface area contributed by atoms with E-state index in [1.807, 2.05) is 0 Å². The summed E-state index contributed by atoms with van der Waals surface area (Å²) in [6.07, 6.45) is 0. The predicted octanol–water partition coefficient (Wildman–Crippen LogP) is 3.56. The first kappa shape index (κ1) is 14.7. The van der Waals surface area contributed by atoms with Gasteiger partial charge in [0.05, 0.1) is 5.56 Å². The third kappa shape index (κ3) is 3.52. The maximum atomic E-state index is 12.9. The molecular formula is C16H12FN3O3. The van der Waals surface area contributed by atoms with Crippen molar-refractivity contribution in [2.45, 2.75) is 6.92 Å². The summed E-state index contributed by atoms with van der Waals surface area (Å²) < 4.78 is 23.7. The molecule has 0 radical (unpaired) electrons. The predicted molar refractivity (Wildman–Crippen MR) is 79.9 cm³/mol. The Labute approximate surface area is 130 Å². The van der Waals surface area contributed by atoms with E-state index in [1.165, 1.54) is 24.3 Å². The molecule has 1 aromatic heterocycles. The van der Waals surface area contributed by atoms with Gasteiger partial charge in [-0.1, -0.05) is 17.2 Å². The first-order valence-electron chi connectivity index (χ1n) is 6.76. The van der Waals surface area contributed by atoms with E-state index in [0.29, 0.717) is 17.4 Å². The van der Waals surface area contributed by atoms with E-state index >= 15 is 0 Å². The Morgan fingerprint density at radius 1 is 1.13 bits per heavy atom. The molecule has 0 saturated heterocycles. The molecule has 0 atom stereocenters. The summed E-state index contributed by atoms with van der Waals surface area (Å²) in [5, 5.41) is 9.83. The number of ether oxygens (including phenoxy) is 1. The van der Waals surface area contributed by atoms with Crippen molar-refractivity contribution in [1.82, 2.24) is 10.2 Å². The van der Waals surface area contributed by atoms with Crippen LogP contribution in [0, 0.1) is 12.7 Å². The van der Waals surface area contributed by atoms with Crippen LogP contribution in [0.1, 0.15) is 16.2 Å². The molecule has 0 aliphatic rings. The van der Waals surface area contributed by atoms with Crippen molar-refractivity contribution in [1.29, 1.82) is 0 Å². The summed E-state index contributed by atoms with van der Waals surface area (Å²) in [5.41, 5.74) is 0.285. The van der Waals surface area contributed by atoms with Crippen molar-refractivity contribution in [3.05, 3.63) is 65.8 Å². The summed E-state index contributed by atoms with van der Waals surface area (Å²) in [7, 11) is 0. The Balaban J connectivity index is 1.82. The molecule has 3 aromatic rings. The van der Waals surface area contributed by atoms with Gasteiger partial charge in [0.15, 0.2) is 0 Å². The van der Waals surface area contributed by atoms with E-state index in [2.05, 4.69) is 15.5 Å². The van der Waals surface area contributed by atoms with Crippen LogP contribution in [0.3, 0.4) is 0 Å². The molecule has 0 fully saturated rings. The van der Waals surface area contributed by atoms with Gasteiger partial charge >= 0.3 is 6.01 Å². The number of rotatable bonds is 4. The lowest BCUT2D eigenvalue weighted by molar-refractivity contribution is 0.102. The van der Waals surface area contributed by atoms with Crippen LogP contribution in [0.2, 0.25) is 0 Å². The second-order valence-corrected chi connectivity index (χ2v) is 4.63. The molecule has 7 heteroatoms. The van der Waals surface area contributed by atoms with Crippen molar-refractivity contribution >= 4 is 11.9 Å².